The number of aromatic carboxylic acids is 2. The fraction of sp³-hybridized carbons (Fsp3) is 0.0312. The molecule has 0 fully saturated rings. The van der Waals surface area contributed by atoms with Crippen LogP contribution in [-0.4, -0.2) is 39.0 Å². The molecule has 1 aromatic heterocycles. The number of thiazole rings is 1. The van der Waals surface area contributed by atoms with Gasteiger partial charge in [0.25, 0.3) is 5.91 Å². The zero-order valence-corrected chi connectivity index (χ0v) is 25.8. The van der Waals surface area contributed by atoms with Crippen LogP contribution < -0.4 is 10.6 Å². The number of hydrogen-bond donors (Lipinski definition) is 4. The van der Waals surface area contributed by atoms with Gasteiger partial charge in [0.05, 0.1) is 22.4 Å². The van der Waals surface area contributed by atoms with Crippen molar-refractivity contribution in [3.63, 3.8) is 0 Å². The molecule has 9 nitrogen and oxygen atoms in total. The third-order valence-electron chi connectivity index (χ3n) is 6.30. The number of carboxylic acid groups (broad SMARTS) is 2. The van der Waals surface area contributed by atoms with E-state index in [1.54, 1.807) is 24.3 Å². The highest BCUT2D eigenvalue weighted by Gasteiger charge is 2.24. The van der Waals surface area contributed by atoms with Crippen LogP contribution >= 0.6 is 39.0 Å². The predicted octanol–water partition coefficient (Wildman–Crippen LogP) is 7.69. The molecule has 0 aliphatic heterocycles. The van der Waals surface area contributed by atoms with Gasteiger partial charge in [-0.1, -0.05) is 64.5 Å². The number of nitrogens with zero attached hydrogens (tertiary/aromatic N) is 1. The fourth-order valence-electron chi connectivity index (χ4n) is 4.19. The van der Waals surface area contributed by atoms with Crippen molar-refractivity contribution < 1.29 is 29.4 Å². The standard InChI is InChI=1S/C32H22BrN3O6S2/c33-21-12-9-18(10-13-21)26-17-43-32(35-26)36-29(38)27(19-5-2-1-3-6-19)44-23-8-4-7-22(16-23)34-28(37)24-14-11-20(30(39)40)15-25(24)31(41)42/h1-17,27H,(H,34,37)(H,39,40)(H,41,42)(H,35,36,38). The maximum absolute atomic E-state index is 13.6. The van der Waals surface area contributed by atoms with Crippen molar-refractivity contribution in [1.82, 2.24) is 4.98 Å². The molecule has 220 valence electrons. The van der Waals surface area contributed by atoms with Gasteiger partial charge in [-0.2, -0.15) is 0 Å². The van der Waals surface area contributed by atoms with Crippen LogP contribution in [-0.2, 0) is 4.79 Å². The predicted molar refractivity (Wildman–Crippen MR) is 174 cm³/mol. The van der Waals surface area contributed by atoms with E-state index in [9.17, 15) is 29.4 Å². The second kappa shape index (κ2) is 13.7. The van der Waals surface area contributed by atoms with Crippen LogP contribution in [0.4, 0.5) is 10.8 Å². The second-order valence-electron chi connectivity index (χ2n) is 9.30. The summed E-state index contributed by atoms with van der Waals surface area (Å²) in [4.78, 5) is 54.8. The molecule has 0 spiro atoms. The molecule has 1 heterocycles. The van der Waals surface area contributed by atoms with E-state index < -0.39 is 28.7 Å². The monoisotopic (exact) mass is 687 g/mol. The smallest absolute Gasteiger partial charge is 0.336 e. The fourth-order valence-corrected chi connectivity index (χ4v) is 6.26. The van der Waals surface area contributed by atoms with Gasteiger partial charge in [0.2, 0.25) is 5.91 Å². The average Bonchev–Trinajstić information content (AvgIpc) is 3.48. The molecule has 2 amide bonds. The van der Waals surface area contributed by atoms with Crippen LogP contribution in [0.15, 0.2) is 112 Å². The maximum Gasteiger partial charge on any atom is 0.336 e. The number of carbonyl (C=O) groups excluding carboxylic acids is 2. The molecule has 0 aliphatic rings. The van der Waals surface area contributed by atoms with Gasteiger partial charge in [0.1, 0.15) is 5.25 Å². The number of hydrogen-bond acceptors (Lipinski definition) is 7. The minimum atomic E-state index is -1.43. The molecule has 4 aromatic carbocycles. The molecule has 1 atom stereocenters. The van der Waals surface area contributed by atoms with E-state index in [0.29, 0.717) is 15.7 Å². The average molecular weight is 689 g/mol. The number of aromatic nitrogens is 1. The first kappa shape index (κ1) is 30.7. The van der Waals surface area contributed by atoms with Gasteiger partial charge in [-0.05, 0) is 54.1 Å². The normalized spacial score (nSPS) is 11.4. The highest BCUT2D eigenvalue weighted by atomic mass is 79.9. The molecular formula is C32H22BrN3O6S2. The summed E-state index contributed by atoms with van der Waals surface area (Å²) in [6, 6.07) is 27.1. The van der Waals surface area contributed by atoms with E-state index in [1.807, 2.05) is 60.0 Å². The van der Waals surface area contributed by atoms with Gasteiger partial charge in [-0.3, -0.25) is 9.59 Å². The van der Waals surface area contributed by atoms with Crippen molar-refractivity contribution in [2.24, 2.45) is 0 Å². The lowest BCUT2D eigenvalue weighted by molar-refractivity contribution is -0.115. The number of halogens is 1. The highest BCUT2D eigenvalue weighted by Crippen LogP contribution is 2.38. The minimum absolute atomic E-state index is 0.187. The Labute approximate surface area is 268 Å². The van der Waals surface area contributed by atoms with Crippen molar-refractivity contribution in [2.45, 2.75) is 10.1 Å². The molecule has 0 radical (unpaired) electrons. The molecular weight excluding hydrogens is 666 g/mol. The Bertz CT molecular complexity index is 1860. The quantitative estimate of drug-likeness (QED) is 0.109. The van der Waals surface area contributed by atoms with Gasteiger partial charge in [-0.15, -0.1) is 23.1 Å². The first-order chi connectivity index (χ1) is 21.2. The van der Waals surface area contributed by atoms with Crippen molar-refractivity contribution in [3.8, 4) is 11.3 Å². The van der Waals surface area contributed by atoms with Crippen LogP contribution in [0.1, 0.15) is 41.9 Å². The van der Waals surface area contributed by atoms with Crippen molar-refractivity contribution in [1.29, 1.82) is 0 Å². The summed E-state index contributed by atoms with van der Waals surface area (Å²) in [5.41, 5.74) is 1.93. The SMILES string of the molecule is O=C(O)c1ccc(C(=O)Nc2cccc(SC(C(=O)Nc3nc(-c4ccc(Br)cc4)cs3)c3ccccc3)c2)c(C(=O)O)c1. The summed E-state index contributed by atoms with van der Waals surface area (Å²) in [5, 5.41) is 26.0. The largest absolute Gasteiger partial charge is 0.478 e. The Hall–Kier alpha value is -4.78. The van der Waals surface area contributed by atoms with E-state index in [0.717, 1.165) is 33.4 Å². The van der Waals surface area contributed by atoms with Crippen molar-refractivity contribution in [3.05, 3.63) is 129 Å². The number of anilines is 2. The van der Waals surface area contributed by atoms with Crippen molar-refractivity contribution in [2.75, 3.05) is 10.6 Å². The summed E-state index contributed by atoms with van der Waals surface area (Å²) in [5.74, 6) is -3.73. The third kappa shape index (κ3) is 7.40. The van der Waals surface area contributed by atoms with Crippen molar-refractivity contribution >= 4 is 73.6 Å². The lowest BCUT2D eigenvalue weighted by Gasteiger charge is -2.17. The molecule has 0 saturated carbocycles. The molecule has 4 N–H and O–H groups in total. The Morgan fingerprint density at radius 1 is 0.795 bits per heavy atom. The van der Waals surface area contributed by atoms with Crippen LogP contribution in [0.3, 0.4) is 0 Å². The van der Waals surface area contributed by atoms with Gasteiger partial charge in [0.15, 0.2) is 5.13 Å². The van der Waals surface area contributed by atoms with Gasteiger partial charge >= 0.3 is 11.9 Å². The van der Waals surface area contributed by atoms with E-state index >= 15 is 0 Å². The van der Waals surface area contributed by atoms with Crippen LogP contribution in [0, 0.1) is 0 Å². The van der Waals surface area contributed by atoms with Gasteiger partial charge in [-0.25, -0.2) is 14.6 Å². The van der Waals surface area contributed by atoms with E-state index in [1.165, 1.54) is 29.2 Å². The molecule has 0 aliphatic carbocycles. The summed E-state index contributed by atoms with van der Waals surface area (Å²) in [7, 11) is 0. The number of carboxylic acids is 2. The van der Waals surface area contributed by atoms with Gasteiger partial charge < -0.3 is 20.8 Å². The Balaban J connectivity index is 1.35. The second-order valence-corrected chi connectivity index (χ2v) is 12.2. The Morgan fingerprint density at radius 3 is 2.25 bits per heavy atom. The number of amides is 2. The minimum Gasteiger partial charge on any atom is -0.478 e. The number of benzene rings is 4. The summed E-state index contributed by atoms with van der Waals surface area (Å²) in [6.45, 7) is 0. The lowest BCUT2D eigenvalue weighted by atomic mass is 10.0. The van der Waals surface area contributed by atoms with Gasteiger partial charge in [0, 0.05) is 26.0 Å². The third-order valence-corrected chi connectivity index (χ3v) is 8.84. The van der Waals surface area contributed by atoms with E-state index in [4.69, 9.17) is 0 Å². The van der Waals surface area contributed by atoms with Crippen LogP contribution in [0.25, 0.3) is 11.3 Å². The molecule has 12 heteroatoms. The topological polar surface area (TPSA) is 146 Å². The molecule has 1 unspecified atom stereocenters. The maximum atomic E-state index is 13.6. The zero-order valence-electron chi connectivity index (χ0n) is 22.6. The number of carbonyl (C=O) groups is 4. The van der Waals surface area contributed by atoms with Crippen LogP contribution in [0.5, 0.6) is 0 Å². The summed E-state index contributed by atoms with van der Waals surface area (Å²) < 4.78 is 0.954. The first-order valence-electron chi connectivity index (χ1n) is 12.9. The Kier molecular flexibility index (Phi) is 9.53. The zero-order chi connectivity index (χ0) is 31.2. The number of nitrogens with one attached hydrogen (secondary N) is 2. The molecule has 5 rings (SSSR count). The molecule has 44 heavy (non-hydrogen) atoms. The summed E-state index contributed by atoms with van der Waals surface area (Å²) in [6.07, 6.45) is 0. The van der Waals surface area contributed by atoms with Crippen LogP contribution in [0.2, 0.25) is 0 Å². The Morgan fingerprint density at radius 2 is 1.55 bits per heavy atom. The molecule has 0 saturated heterocycles. The lowest BCUT2D eigenvalue weighted by Crippen LogP contribution is -2.19. The molecule has 0 bridgehead atoms. The first-order valence-corrected chi connectivity index (χ1v) is 15.5. The van der Waals surface area contributed by atoms with E-state index in [2.05, 4.69) is 31.5 Å². The highest BCUT2D eigenvalue weighted by molar-refractivity contribution is 9.10. The number of thioether (sulfide) groups is 1. The summed E-state index contributed by atoms with van der Waals surface area (Å²) >= 11 is 6.02. The van der Waals surface area contributed by atoms with E-state index in [-0.39, 0.29) is 17.0 Å². The number of rotatable bonds is 10. The molecule has 5 aromatic rings.